The highest BCUT2D eigenvalue weighted by molar-refractivity contribution is 8.00. The third kappa shape index (κ3) is 3.24. The number of hydrogen-bond acceptors (Lipinski definition) is 2. The van der Waals surface area contributed by atoms with Crippen molar-refractivity contribution in [1.82, 2.24) is 0 Å². The number of fused-ring (bicyclic) bond motifs is 1. The Bertz CT molecular complexity index is 765. The second-order valence-electron chi connectivity index (χ2n) is 5.54. The van der Waals surface area contributed by atoms with Crippen molar-refractivity contribution in [2.24, 2.45) is 4.99 Å². The molecule has 0 aliphatic carbocycles. The van der Waals surface area contributed by atoms with Gasteiger partial charge in [-0.25, -0.2) is 4.79 Å². The van der Waals surface area contributed by atoms with E-state index in [0.29, 0.717) is 5.75 Å². The number of aliphatic imine (C=N–C) groups is 1. The first-order valence-electron chi connectivity index (χ1n) is 7.46. The maximum Gasteiger partial charge on any atom is 0.347 e. The number of amidine groups is 1. The minimum atomic E-state index is -0.329. The number of anilines is 2. The normalized spacial score (nSPS) is 15.4. The summed E-state index contributed by atoms with van der Waals surface area (Å²) in [4.78, 5) is 19.8. The summed E-state index contributed by atoms with van der Waals surface area (Å²) in [6.07, 6.45) is 0. The van der Waals surface area contributed by atoms with Crippen LogP contribution in [0.3, 0.4) is 0 Å². The molecule has 118 valence electrons. The van der Waals surface area contributed by atoms with Gasteiger partial charge in [0.2, 0.25) is 0 Å². The maximum absolute atomic E-state index is 12.3. The average molecular weight is 325 g/mol. The van der Waals surface area contributed by atoms with Crippen molar-refractivity contribution in [2.75, 3.05) is 23.0 Å². The molecule has 5 heteroatoms. The van der Waals surface area contributed by atoms with E-state index in [1.54, 1.807) is 11.8 Å². The number of nitrogens with zero attached hydrogens (tertiary/aromatic N) is 2. The second-order valence-corrected chi connectivity index (χ2v) is 6.56. The number of carbonyl (C=O) groups is 1. The summed E-state index contributed by atoms with van der Waals surface area (Å²) in [6, 6.07) is 13.8. The number of carbonyl (C=O) groups excluding carboxylic acids is 1. The van der Waals surface area contributed by atoms with Gasteiger partial charge in [-0.3, -0.25) is 0 Å². The predicted octanol–water partition coefficient (Wildman–Crippen LogP) is 4.48. The summed E-state index contributed by atoms with van der Waals surface area (Å²) >= 11 is 1.70. The highest BCUT2D eigenvalue weighted by Crippen LogP contribution is 2.34. The topological polar surface area (TPSA) is 44.7 Å². The Balaban J connectivity index is 1.81. The largest absolute Gasteiger partial charge is 0.347 e. The molecule has 0 atom stereocenters. The van der Waals surface area contributed by atoms with Gasteiger partial charge in [-0.1, -0.05) is 30.3 Å². The lowest BCUT2D eigenvalue weighted by Gasteiger charge is -2.28. The fourth-order valence-electron chi connectivity index (χ4n) is 2.61. The standard InChI is InChI=1S/C18H19N3OS/c1-12-7-6-8-13(2)17(12)20-18(22)19-16-11-23-15-10-5-4-9-14(15)21(16)3/h4-10H,11H2,1-3H3,(H,20,22)/b19-16-. The number of rotatable bonds is 1. The maximum atomic E-state index is 12.3. The van der Waals surface area contributed by atoms with Gasteiger partial charge in [0.15, 0.2) is 0 Å². The molecule has 1 aliphatic rings. The highest BCUT2D eigenvalue weighted by Gasteiger charge is 2.20. The van der Waals surface area contributed by atoms with Crippen LogP contribution in [-0.4, -0.2) is 24.7 Å². The van der Waals surface area contributed by atoms with E-state index >= 15 is 0 Å². The Morgan fingerprint density at radius 3 is 2.57 bits per heavy atom. The first kappa shape index (κ1) is 15.6. The number of thioether (sulfide) groups is 1. The van der Waals surface area contributed by atoms with Gasteiger partial charge in [0.1, 0.15) is 5.84 Å². The van der Waals surface area contributed by atoms with E-state index in [0.717, 1.165) is 28.3 Å². The van der Waals surface area contributed by atoms with Gasteiger partial charge in [-0.2, -0.15) is 4.99 Å². The van der Waals surface area contributed by atoms with Crippen LogP contribution in [0.2, 0.25) is 0 Å². The fraction of sp³-hybridized carbons (Fsp3) is 0.222. The SMILES string of the molecule is Cc1cccc(C)c1NC(=O)/N=C1/CSc2ccccc2N1C. The van der Waals surface area contributed by atoms with Crippen LogP contribution in [0.1, 0.15) is 11.1 Å². The zero-order valence-electron chi connectivity index (χ0n) is 13.5. The van der Waals surface area contributed by atoms with Crippen molar-refractivity contribution < 1.29 is 4.79 Å². The van der Waals surface area contributed by atoms with Gasteiger partial charge < -0.3 is 10.2 Å². The molecule has 0 saturated carbocycles. The lowest BCUT2D eigenvalue weighted by atomic mass is 10.1. The first-order valence-corrected chi connectivity index (χ1v) is 8.45. The van der Waals surface area contributed by atoms with Crippen molar-refractivity contribution in [1.29, 1.82) is 0 Å². The molecule has 0 unspecified atom stereocenters. The zero-order valence-corrected chi connectivity index (χ0v) is 14.3. The van der Waals surface area contributed by atoms with Gasteiger partial charge in [-0.15, -0.1) is 11.8 Å². The molecule has 0 bridgehead atoms. The van der Waals surface area contributed by atoms with Crippen LogP contribution >= 0.6 is 11.8 Å². The summed E-state index contributed by atoms with van der Waals surface area (Å²) in [5.41, 5.74) is 4.00. The summed E-state index contributed by atoms with van der Waals surface area (Å²) < 4.78 is 0. The Morgan fingerprint density at radius 1 is 1.13 bits per heavy atom. The lowest BCUT2D eigenvalue weighted by Crippen LogP contribution is -2.33. The van der Waals surface area contributed by atoms with E-state index in [1.165, 1.54) is 4.90 Å². The molecule has 3 rings (SSSR count). The molecule has 1 heterocycles. The number of nitrogens with one attached hydrogen (secondary N) is 1. The third-order valence-electron chi connectivity index (χ3n) is 3.91. The van der Waals surface area contributed by atoms with Crippen LogP contribution in [0.15, 0.2) is 52.4 Å². The molecule has 1 aliphatic heterocycles. The van der Waals surface area contributed by atoms with Gasteiger partial charge in [-0.05, 0) is 37.1 Å². The molecule has 23 heavy (non-hydrogen) atoms. The molecule has 2 aromatic rings. The summed E-state index contributed by atoms with van der Waals surface area (Å²) in [5, 5.41) is 2.91. The molecule has 0 aromatic heterocycles. The second kappa shape index (κ2) is 6.46. The number of urea groups is 1. The van der Waals surface area contributed by atoms with Crippen LogP contribution < -0.4 is 10.2 Å². The van der Waals surface area contributed by atoms with Crippen LogP contribution in [0, 0.1) is 13.8 Å². The van der Waals surface area contributed by atoms with Crippen LogP contribution in [0.4, 0.5) is 16.2 Å². The molecule has 1 N–H and O–H groups in total. The summed E-state index contributed by atoms with van der Waals surface area (Å²) in [7, 11) is 1.95. The van der Waals surface area contributed by atoms with Gasteiger partial charge in [0.25, 0.3) is 0 Å². The van der Waals surface area contributed by atoms with Crippen LogP contribution in [0.25, 0.3) is 0 Å². The Kier molecular flexibility index (Phi) is 4.39. The molecule has 2 amide bonds. The van der Waals surface area contributed by atoms with Gasteiger partial charge >= 0.3 is 6.03 Å². The van der Waals surface area contributed by atoms with Crippen molar-refractivity contribution in [3.8, 4) is 0 Å². The number of para-hydroxylation sites is 2. The minimum absolute atomic E-state index is 0.329. The molecule has 0 radical (unpaired) electrons. The minimum Gasteiger partial charge on any atom is -0.331 e. The third-order valence-corrected chi connectivity index (χ3v) is 4.97. The Hall–Kier alpha value is -2.27. The smallest absolute Gasteiger partial charge is 0.331 e. The molecule has 2 aromatic carbocycles. The molecule has 4 nitrogen and oxygen atoms in total. The van der Waals surface area contributed by atoms with E-state index in [9.17, 15) is 4.79 Å². The monoisotopic (exact) mass is 325 g/mol. The van der Waals surface area contributed by atoms with Gasteiger partial charge in [0.05, 0.1) is 11.4 Å². The number of amides is 2. The molecule has 0 saturated heterocycles. The van der Waals surface area contributed by atoms with Crippen molar-refractivity contribution in [3.63, 3.8) is 0 Å². The van der Waals surface area contributed by atoms with Crippen molar-refractivity contribution >= 4 is 35.0 Å². The van der Waals surface area contributed by atoms with Crippen LogP contribution in [-0.2, 0) is 0 Å². The average Bonchev–Trinajstić information content (AvgIpc) is 2.54. The van der Waals surface area contributed by atoms with Crippen molar-refractivity contribution in [2.45, 2.75) is 18.7 Å². The molecular weight excluding hydrogens is 306 g/mol. The van der Waals surface area contributed by atoms with E-state index in [1.807, 2.05) is 62.2 Å². The van der Waals surface area contributed by atoms with Gasteiger partial charge in [0, 0.05) is 17.6 Å². The summed E-state index contributed by atoms with van der Waals surface area (Å²) in [5.74, 6) is 1.45. The molecule has 0 fully saturated rings. The fourth-order valence-corrected chi connectivity index (χ4v) is 3.68. The van der Waals surface area contributed by atoms with E-state index in [-0.39, 0.29) is 6.03 Å². The lowest BCUT2D eigenvalue weighted by molar-refractivity contribution is 0.259. The molecule has 0 spiro atoms. The zero-order chi connectivity index (χ0) is 16.4. The Labute approximate surface area is 140 Å². The number of hydrogen-bond donors (Lipinski definition) is 1. The van der Waals surface area contributed by atoms with E-state index in [2.05, 4.69) is 16.4 Å². The predicted molar refractivity (Wildman–Crippen MR) is 97.9 cm³/mol. The summed E-state index contributed by atoms with van der Waals surface area (Å²) in [6.45, 7) is 3.96. The number of benzene rings is 2. The van der Waals surface area contributed by atoms with Crippen molar-refractivity contribution in [3.05, 3.63) is 53.6 Å². The highest BCUT2D eigenvalue weighted by atomic mass is 32.2. The van der Waals surface area contributed by atoms with Crippen LogP contribution in [0.5, 0.6) is 0 Å². The first-order chi connectivity index (χ1) is 11.1. The quantitative estimate of drug-likeness (QED) is 0.841. The molecular formula is C18H19N3OS. The number of aryl methyl sites for hydroxylation is 2. The van der Waals surface area contributed by atoms with E-state index in [4.69, 9.17) is 0 Å². The Morgan fingerprint density at radius 2 is 1.83 bits per heavy atom. The van der Waals surface area contributed by atoms with E-state index < -0.39 is 0 Å².